The van der Waals surface area contributed by atoms with Gasteiger partial charge in [0.1, 0.15) is 5.60 Å². The first-order chi connectivity index (χ1) is 16.1. The molecule has 0 atom stereocenters. The Morgan fingerprint density at radius 1 is 1.18 bits per heavy atom. The molecule has 1 aliphatic carbocycles. The van der Waals surface area contributed by atoms with Gasteiger partial charge in [-0.25, -0.2) is 9.78 Å². The van der Waals surface area contributed by atoms with Gasteiger partial charge in [-0.05, 0) is 69.8 Å². The van der Waals surface area contributed by atoms with E-state index in [2.05, 4.69) is 14.9 Å². The molecule has 1 amide bonds. The minimum atomic E-state index is -0.643. The smallest absolute Gasteiger partial charge is 0.358 e. The zero-order valence-electron chi connectivity index (χ0n) is 19.3. The number of likely N-dealkylation sites (tertiary alicyclic amines) is 1. The molecule has 7 heteroatoms. The second kappa shape index (κ2) is 9.21. The van der Waals surface area contributed by atoms with Gasteiger partial charge in [0, 0.05) is 49.6 Å². The first kappa shape index (κ1) is 22.0. The lowest BCUT2D eigenvalue weighted by Gasteiger charge is -2.37. The fourth-order valence-electron chi connectivity index (χ4n) is 5.54. The molecule has 174 valence electrons. The van der Waals surface area contributed by atoms with E-state index in [1.54, 1.807) is 12.4 Å². The first-order valence-electron chi connectivity index (χ1n) is 12.2. The van der Waals surface area contributed by atoms with Crippen molar-refractivity contribution < 1.29 is 14.3 Å². The van der Waals surface area contributed by atoms with Crippen LogP contribution in [0.5, 0.6) is 0 Å². The zero-order chi connectivity index (χ0) is 22.8. The third kappa shape index (κ3) is 4.38. The van der Waals surface area contributed by atoms with Crippen LogP contribution < -0.4 is 0 Å². The number of amides is 1. The normalized spacial score (nSPS) is 25.0. The Balaban J connectivity index is 1.22. The standard InChI is InChI=1S/C26H32N4O3/c1-29(16-17-30-14-3-2-4-15-30)24(31)19-9-11-26(12-10-19)21-7-8-22(20-6-5-13-27-18-20)28-23(21)25(32)33-26/h5-8,13,18-19H,2-4,9-12,14-17H2,1H3. The summed E-state index contributed by atoms with van der Waals surface area (Å²) < 4.78 is 5.92. The summed E-state index contributed by atoms with van der Waals surface area (Å²) >= 11 is 0. The van der Waals surface area contributed by atoms with E-state index in [0.29, 0.717) is 18.5 Å². The van der Waals surface area contributed by atoms with E-state index in [-0.39, 0.29) is 17.8 Å². The number of fused-ring (bicyclic) bond motifs is 2. The molecule has 1 spiro atoms. The Morgan fingerprint density at radius 3 is 2.70 bits per heavy atom. The summed E-state index contributed by atoms with van der Waals surface area (Å²) in [4.78, 5) is 38.9. The number of hydrogen-bond donors (Lipinski definition) is 0. The van der Waals surface area contributed by atoms with Gasteiger partial charge in [-0.1, -0.05) is 12.5 Å². The average Bonchev–Trinajstić information content (AvgIpc) is 3.14. The number of ether oxygens (including phenoxy) is 1. The van der Waals surface area contributed by atoms with Crippen molar-refractivity contribution in [2.75, 3.05) is 33.2 Å². The molecule has 0 radical (unpaired) electrons. The van der Waals surface area contributed by atoms with E-state index >= 15 is 0 Å². The van der Waals surface area contributed by atoms with Crippen LogP contribution in [-0.2, 0) is 15.1 Å². The van der Waals surface area contributed by atoms with Gasteiger partial charge in [-0.3, -0.25) is 9.78 Å². The van der Waals surface area contributed by atoms with Gasteiger partial charge in [0.15, 0.2) is 5.69 Å². The SMILES string of the molecule is CN(CCN1CCCCC1)C(=O)C1CCC2(CC1)OC(=O)c1nc(-c3cccnc3)ccc12. The van der Waals surface area contributed by atoms with Crippen molar-refractivity contribution in [2.45, 2.75) is 50.5 Å². The van der Waals surface area contributed by atoms with Crippen LogP contribution in [0.15, 0.2) is 36.7 Å². The predicted molar refractivity (Wildman–Crippen MR) is 124 cm³/mol. The van der Waals surface area contributed by atoms with Crippen molar-refractivity contribution in [2.24, 2.45) is 5.92 Å². The third-order valence-corrected chi connectivity index (χ3v) is 7.54. The number of aromatic nitrogens is 2. The number of piperidine rings is 1. The maximum absolute atomic E-state index is 13.1. The summed E-state index contributed by atoms with van der Waals surface area (Å²) in [6, 6.07) is 7.69. The highest BCUT2D eigenvalue weighted by molar-refractivity contribution is 5.93. The van der Waals surface area contributed by atoms with Crippen molar-refractivity contribution in [1.29, 1.82) is 0 Å². The van der Waals surface area contributed by atoms with Crippen molar-refractivity contribution >= 4 is 11.9 Å². The summed E-state index contributed by atoms with van der Waals surface area (Å²) in [6.45, 7) is 4.03. The Morgan fingerprint density at radius 2 is 1.97 bits per heavy atom. The number of rotatable bonds is 5. The van der Waals surface area contributed by atoms with Crippen molar-refractivity contribution in [3.05, 3.63) is 47.9 Å². The maximum Gasteiger partial charge on any atom is 0.358 e. The minimum Gasteiger partial charge on any atom is -0.449 e. The molecule has 2 aromatic rings. The Labute approximate surface area is 195 Å². The molecule has 3 aliphatic rings. The summed E-state index contributed by atoms with van der Waals surface area (Å²) in [6.07, 6.45) is 10.1. The fraction of sp³-hybridized carbons (Fsp3) is 0.538. The van der Waals surface area contributed by atoms with Crippen LogP contribution in [0.3, 0.4) is 0 Å². The summed E-state index contributed by atoms with van der Waals surface area (Å²) in [5, 5.41) is 0. The van der Waals surface area contributed by atoms with Gasteiger partial charge in [-0.2, -0.15) is 0 Å². The van der Waals surface area contributed by atoms with Crippen LogP contribution in [0.2, 0.25) is 0 Å². The number of carbonyl (C=O) groups is 2. The van der Waals surface area contributed by atoms with Crippen LogP contribution in [0.1, 0.15) is 61.0 Å². The lowest BCUT2D eigenvalue weighted by molar-refractivity contribution is -0.137. The van der Waals surface area contributed by atoms with Gasteiger partial charge in [0.25, 0.3) is 0 Å². The molecule has 2 fully saturated rings. The van der Waals surface area contributed by atoms with E-state index in [1.165, 1.54) is 19.3 Å². The minimum absolute atomic E-state index is 0.00708. The molecule has 0 unspecified atom stereocenters. The van der Waals surface area contributed by atoms with Gasteiger partial charge in [0.05, 0.1) is 5.69 Å². The predicted octanol–water partition coefficient (Wildman–Crippen LogP) is 3.64. The molecule has 0 aromatic carbocycles. The van der Waals surface area contributed by atoms with Crippen LogP contribution >= 0.6 is 0 Å². The Kier molecular flexibility index (Phi) is 6.15. The highest BCUT2D eigenvalue weighted by Crippen LogP contribution is 2.48. The largest absolute Gasteiger partial charge is 0.449 e. The second-order valence-corrected chi connectivity index (χ2v) is 9.65. The molecule has 2 aromatic heterocycles. The molecule has 1 saturated heterocycles. The van der Waals surface area contributed by atoms with Crippen LogP contribution in [-0.4, -0.2) is 64.9 Å². The molecule has 1 saturated carbocycles. The number of hydrogen-bond acceptors (Lipinski definition) is 6. The Bertz CT molecular complexity index is 1010. The first-order valence-corrected chi connectivity index (χ1v) is 12.2. The number of nitrogens with zero attached hydrogens (tertiary/aromatic N) is 4. The molecule has 33 heavy (non-hydrogen) atoms. The van der Waals surface area contributed by atoms with E-state index in [1.807, 2.05) is 36.2 Å². The topological polar surface area (TPSA) is 75.6 Å². The quantitative estimate of drug-likeness (QED) is 0.650. The highest BCUT2D eigenvalue weighted by atomic mass is 16.6. The molecular formula is C26H32N4O3. The van der Waals surface area contributed by atoms with Crippen LogP contribution in [0, 0.1) is 5.92 Å². The summed E-state index contributed by atoms with van der Waals surface area (Å²) in [7, 11) is 1.92. The van der Waals surface area contributed by atoms with Crippen LogP contribution in [0.4, 0.5) is 0 Å². The fourth-order valence-corrected chi connectivity index (χ4v) is 5.54. The number of likely N-dealkylation sites (N-methyl/N-ethyl adjacent to an activating group) is 1. The number of esters is 1. The molecule has 0 bridgehead atoms. The number of carbonyl (C=O) groups excluding carboxylic acids is 2. The molecule has 0 N–H and O–H groups in total. The lowest BCUT2D eigenvalue weighted by atomic mass is 9.75. The van der Waals surface area contributed by atoms with Gasteiger partial charge in [0.2, 0.25) is 5.91 Å². The highest BCUT2D eigenvalue weighted by Gasteiger charge is 2.49. The van der Waals surface area contributed by atoms with E-state index < -0.39 is 5.60 Å². The van der Waals surface area contributed by atoms with E-state index in [4.69, 9.17) is 4.74 Å². The zero-order valence-corrected chi connectivity index (χ0v) is 19.3. The summed E-state index contributed by atoms with van der Waals surface area (Å²) in [5.74, 6) is -0.150. The molecular weight excluding hydrogens is 416 g/mol. The van der Waals surface area contributed by atoms with Gasteiger partial charge >= 0.3 is 5.97 Å². The molecule has 4 heterocycles. The maximum atomic E-state index is 13.1. The molecule has 2 aliphatic heterocycles. The van der Waals surface area contributed by atoms with Crippen molar-refractivity contribution in [3.8, 4) is 11.3 Å². The number of pyridine rings is 2. The van der Waals surface area contributed by atoms with Gasteiger partial charge < -0.3 is 14.5 Å². The van der Waals surface area contributed by atoms with E-state index in [0.717, 1.165) is 55.8 Å². The third-order valence-electron chi connectivity index (χ3n) is 7.54. The second-order valence-electron chi connectivity index (χ2n) is 9.65. The summed E-state index contributed by atoms with van der Waals surface area (Å²) in [5.41, 5.74) is 2.21. The van der Waals surface area contributed by atoms with Crippen molar-refractivity contribution in [3.63, 3.8) is 0 Å². The van der Waals surface area contributed by atoms with Crippen LogP contribution in [0.25, 0.3) is 11.3 Å². The Hall–Kier alpha value is -2.80. The van der Waals surface area contributed by atoms with Gasteiger partial charge in [-0.15, -0.1) is 0 Å². The van der Waals surface area contributed by atoms with E-state index in [9.17, 15) is 9.59 Å². The lowest BCUT2D eigenvalue weighted by Crippen LogP contribution is -2.43. The molecule has 5 rings (SSSR count). The average molecular weight is 449 g/mol. The molecule has 7 nitrogen and oxygen atoms in total. The monoisotopic (exact) mass is 448 g/mol. The van der Waals surface area contributed by atoms with Crippen molar-refractivity contribution in [1.82, 2.24) is 19.8 Å².